The van der Waals surface area contributed by atoms with Gasteiger partial charge in [0, 0.05) is 0 Å². The van der Waals surface area contributed by atoms with Crippen LogP contribution in [-0.2, 0) is 0 Å². The van der Waals surface area contributed by atoms with Crippen LogP contribution >= 0.6 is 0 Å². The van der Waals surface area contributed by atoms with Crippen molar-refractivity contribution in [2.45, 2.75) is 83.4 Å². The highest BCUT2D eigenvalue weighted by atomic mass is 19.4. The number of alkyl halides is 3. The third kappa shape index (κ3) is 5.33. The van der Waals surface area contributed by atoms with Crippen LogP contribution in [0.1, 0.15) is 71.6 Å². The molecule has 0 amide bonds. The van der Waals surface area contributed by atoms with Gasteiger partial charge >= 0.3 is 6.18 Å². The third-order valence-corrected chi connectivity index (χ3v) is 4.50. The van der Waals surface area contributed by atoms with E-state index < -0.39 is 17.7 Å². The molecule has 4 heteroatoms. The van der Waals surface area contributed by atoms with Crippen LogP contribution in [0.4, 0.5) is 13.2 Å². The molecule has 0 heterocycles. The van der Waals surface area contributed by atoms with Crippen molar-refractivity contribution in [3.05, 3.63) is 0 Å². The molecule has 1 aliphatic rings. The van der Waals surface area contributed by atoms with Crippen LogP contribution in [0.25, 0.3) is 0 Å². The zero-order valence-corrected chi connectivity index (χ0v) is 12.1. The molecule has 0 spiro atoms. The topological polar surface area (TPSA) is 20.2 Å². The minimum Gasteiger partial charge on any atom is -0.390 e. The molecule has 3 unspecified atom stereocenters. The summed E-state index contributed by atoms with van der Waals surface area (Å²) in [6.45, 7) is 4.18. The van der Waals surface area contributed by atoms with E-state index in [0.717, 1.165) is 25.7 Å². The quantitative estimate of drug-likeness (QED) is 0.719. The number of rotatable bonds is 6. The Morgan fingerprint density at radius 2 is 2.00 bits per heavy atom. The highest BCUT2D eigenvalue weighted by Gasteiger charge is 2.47. The first-order chi connectivity index (χ1) is 8.80. The Hall–Kier alpha value is -0.250. The van der Waals surface area contributed by atoms with E-state index in [0.29, 0.717) is 25.2 Å². The second kappa shape index (κ2) is 6.96. The lowest BCUT2D eigenvalue weighted by Gasteiger charge is -2.39. The Balaban J connectivity index is 2.58. The molecule has 0 aliphatic heterocycles. The molecule has 1 nitrogen and oxygen atoms in total. The molecule has 1 aliphatic carbocycles. The van der Waals surface area contributed by atoms with Gasteiger partial charge in [-0.1, -0.05) is 39.5 Å². The van der Waals surface area contributed by atoms with Crippen molar-refractivity contribution in [3.63, 3.8) is 0 Å². The summed E-state index contributed by atoms with van der Waals surface area (Å²) in [6.07, 6.45) is 1.64. The number of hydrogen-bond donors (Lipinski definition) is 1. The van der Waals surface area contributed by atoms with Gasteiger partial charge in [-0.3, -0.25) is 0 Å². The lowest BCUT2D eigenvalue weighted by atomic mass is 9.72. The van der Waals surface area contributed by atoms with Gasteiger partial charge in [0.15, 0.2) is 0 Å². The largest absolute Gasteiger partial charge is 0.391 e. The smallest absolute Gasteiger partial charge is 0.390 e. The fraction of sp³-hybridized carbons (Fsp3) is 1.00. The van der Waals surface area contributed by atoms with Gasteiger partial charge in [0.1, 0.15) is 0 Å². The van der Waals surface area contributed by atoms with Crippen LogP contribution in [0.2, 0.25) is 0 Å². The number of aliphatic hydroxyl groups is 1. The van der Waals surface area contributed by atoms with E-state index in [4.69, 9.17) is 0 Å². The zero-order chi connectivity index (χ0) is 14.5. The first kappa shape index (κ1) is 16.8. The van der Waals surface area contributed by atoms with E-state index in [-0.39, 0.29) is 12.8 Å². The predicted octanol–water partition coefficient (Wildman–Crippen LogP) is 5.08. The maximum Gasteiger partial charge on any atom is 0.391 e. The van der Waals surface area contributed by atoms with Gasteiger partial charge in [0.25, 0.3) is 0 Å². The molecule has 1 rings (SSSR count). The standard InChI is InChI=1S/C15H27F3O/c1-3-5-7-12(4-2)10-14(19)9-6-8-13(11-14)15(16,17)18/h12-13,19H,3-11H2,1-2H3. The van der Waals surface area contributed by atoms with Crippen LogP contribution < -0.4 is 0 Å². The van der Waals surface area contributed by atoms with E-state index in [1.54, 1.807) is 0 Å². The van der Waals surface area contributed by atoms with Crippen LogP contribution in [0.15, 0.2) is 0 Å². The first-order valence-corrected chi connectivity index (χ1v) is 7.60. The van der Waals surface area contributed by atoms with Crippen molar-refractivity contribution in [1.82, 2.24) is 0 Å². The fourth-order valence-corrected chi connectivity index (χ4v) is 3.29. The lowest BCUT2D eigenvalue weighted by molar-refractivity contribution is -0.202. The lowest BCUT2D eigenvalue weighted by Crippen LogP contribution is -2.41. The van der Waals surface area contributed by atoms with E-state index >= 15 is 0 Å². The van der Waals surface area contributed by atoms with Gasteiger partial charge in [-0.2, -0.15) is 13.2 Å². The molecule has 1 fully saturated rings. The van der Waals surface area contributed by atoms with Crippen molar-refractivity contribution in [3.8, 4) is 0 Å². The molecule has 0 radical (unpaired) electrons. The summed E-state index contributed by atoms with van der Waals surface area (Å²) in [4.78, 5) is 0. The van der Waals surface area contributed by atoms with Crippen LogP contribution in [0.5, 0.6) is 0 Å². The number of hydrogen-bond acceptors (Lipinski definition) is 1. The van der Waals surface area contributed by atoms with Gasteiger partial charge in [0.05, 0.1) is 11.5 Å². The molecule has 1 N–H and O–H groups in total. The Kier molecular flexibility index (Phi) is 6.15. The molecule has 0 bridgehead atoms. The summed E-state index contributed by atoms with van der Waals surface area (Å²) in [6, 6.07) is 0. The summed E-state index contributed by atoms with van der Waals surface area (Å²) in [7, 11) is 0. The van der Waals surface area contributed by atoms with E-state index in [2.05, 4.69) is 13.8 Å². The Labute approximate surface area is 114 Å². The number of unbranched alkanes of at least 4 members (excludes halogenated alkanes) is 1. The van der Waals surface area contributed by atoms with E-state index in [9.17, 15) is 18.3 Å². The molecule has 19 heavy (non-hydrogen) atoms. The normalized spacial score (nSPS) is 30.3. The summed E-state index contributed by atoms with van der Waals surface area (Å²) in [5.74, 6) is -0.952. The van der Waals surface area contributed by atoms with Gasteiger partial charge in [-0.15, -0.1) is 0 Å². The molecular formula is C15H27F3O. The Morgan fingerprint density at radius 3 is 2.53 bits per heavy atom. The zero-order valence-electron chi connectivity index (χ0n) is 12.1. The van der Waals surface area contributed by atoms with Crippen molar-refractivity contribution in [2.75, 3.05) is 0 Å². The van der Waals surface area contributed by atoms with Crippen LogP contribution in [0.3, 0.4) is 0 Å². The first-order valence-electron chi connectivity index (χ1n) is 7.60. The maximum atomic E-state index is 12.8. The van der Waals surface area contributed by atoms with Gasteiger partial charge in [-0.05, 0) is 38.0 Å². The van der Waals surface area contributed by atoms with Crippen molar-refractivity contribution in [2.24, 2.45) is 11.8 Å². The predicted molar refractivity (Wildman–Crippen MR) is 70.9 cm³/mol. The summed E-state index contributed by atoms with van der Waals surface area (Å²) >= 11 is 0. The van der Waals surface area contributed by atoms with Crippen molar-refractivity contribution < 1.29 is 18.3 Å². The van der Waals surface area contributed by atoms with Gasteiger partial charge < -0.3 is 5.11 Å². The summed E-state index contributed by atoms with van der Waals surface area (Å²) < 4.78 is 38.4. The molecule has 0 aromatic rings. The third-order valence-electron chi connectivity index (χ3n) is 4.50. The number of halogens is 3. The molecule has 1 saturated carbocycles. The minimum absolute atomic E-state index is 0.0981. The van der Waals surface area contributed by atoms with E-state index in [1.165, 1.54) is 0 Å². The summed E-state index contributed by atoms with van der Waals surface area (Å²) in [5, 5.41) is 10.5. The highest BCUT2D eigenvalue weighted by molar-refractivity contribution is 4.90. The molecular weight excluding hydrogens is 253 g/mol. The minimum atomic E-state index is -4.15. The van der Waals surface area contributed by atoms with E-state index in [1.807, 2.05) is 0 Å². The molecule has 114 valence electrons. The summed E-state index contributed by atoms with van der Waals surface area (Å²) in [5.41, 5.74) is -1.09. The second-order valence-electron chi connectivity index (χ2n) is 6.18. The molecule has 0 aromatic heterocycles. The van der Waals surface area contributed by atoms with Crippen LogP contribution in [0, 0.1) is 11.8 Å². The van der Waals surface area contributed by atoms with Gasteiger partial charge in [-0.25, -0.2) is 0 Å². The maximum absolute atomic E-state index is 12.8. The SMILES string of the molecule is CCCCC(CC)CC1(O)CCCC(C(F)(F)F)C1. The Bertz CT molecular complexity index is 265. The van der Waals surface area contributed by atoms with Crippen molar-refractivity contribution >= 4 is 0 Å². The fourth-order valence-electron chi connectivity index (χ4n) is 3.29. The average Bonchev–Trinajstić information content (AvgIpc) is 2.33. The highest BCUT2D eigenvalue weighted by Crippen LogP contribution is 2.44. The second-order valence-corrected chi connectivity index (χ2v) is 6.18. The van der Waals surface area contributed by atoms with Gasteiger partial charge in [0.2, 0.25) is 0 Å². The van der Waals surface area contributed by atoms with Crippen molar-refractivity contribution in [1.29, 1.82) is 0 Å². The Morgan fingerprint density at radius 1 is 1.32 bits per heavy atom. The molecule has 0 saturated heterocycles. The average molecular weight is 280 g/mol. The monoisotopic (exact) mass is 280 g/mol. The molecule has 3 atom stereocenters. The van der Waals surface area contributed by atoms with Crippen LogP contribution in [-0.4, -0.2) is 16.9 Å². The molecule has 0 aromatic carbocycles.